The summed E-state index contributed by atoms with van der Waals surface area (Å²) in [6.07, 6.45) is -0.910. The molecule has 0 saturated heterocycles. The Hall–Kier alpha value is -0.110. The van der Waals surface area contributed by atoms with Crippen molar-refractivity contribution in [1.82, 2.24) is 0 Å². The van der Waals surface area contributed by atoms with E-state index in [1.54, 1.807) is 13.8 Å². The van der Waals surface area contributed by atoms with Gasteiger partial charge >= 0.3 is 0 Å². The van der Waals surface area contributed by atoms with Crippen molar-refractivity contribution in [2.24, 2.45) is 0 Å². The summed E-state index contributed by atoms with van der Waals surface area (Å²) >= 11 is 0. The van der Waals surface area contributed by atoms with Gasteiger partial charge in [-0.1, -0.05) is 0 Å². The van der Waals surface area contributed by atoms with Crippen LogP contribution in [0.2, 0.25) is 0 Å². The van der Waals surface area contributed by atoms with Crippen molar-refractivity contribution < 1.29 is 9.13 Å². The van der Waals surface area contributed by atoms with Crippen molar-refractivity contribution in [3.05, 3.63) is 0 Å². The van der Waals surface area contributed by atoms with Gasteiger partial charge in [-0.25, -0.2) is 4.39 Å². The molecular weight excluding hydrogens is 107 g/mol. The molecule has 0 heterocycles. The van der Waals surface area contributed by atoms with Gasteiger partial charge in [0.1, 0.15) is 6.17 Å². The smallest absolute Gasteiger partial charge is 0.126 e. The molecule has 1 unspecified atom stereocenters. The van der Waals surface area contributed by atoms with Crippen LogP contribution in [0.25, 0.3) is 0 Å². The number of methoxy groups -OCH3 is 1. The molecule has 0 aliphatic heterocycles. The van der Waals surface area contributed by atoms with Crippen LogP contribution >= 0.6 is 0 Å². The van der Waals surface area contributed by atoms with Crippen LogP contribution in [0, 0.1) is 0 Å². The minimum absolute atomic E-state index is 0.625. The summed E-state index contributed by atoms with van der Waals surface area (Å²) in [5.74, 6) is 0. The van der Waals surface area contributed by atoms with Crippen LogP contribution < -0.4 is 0 Å². The minimum atomic E-state index is -0.910. The lowest BCUT2D eigenvalue weighted by Gasteiger charge is -2.23. The maximum atomic E-state index is 12.4. The van der Waals surface area contributed by atoms with Crippen molar-refractivity contribution in [2.75, 3.05) is 7.11 Å². The van der Waals surface area contributed by atoms with Crippen molar-refractivity contribution in [2.45, 2.75) is 32.5 Å². The highest BCUT2D eigenvalue weighted by Gasteiger charge is 2.24. The van der Waals surface area contributed by atoms with Crippen LogP contribution in [0.3, 0.4) is 0 Å². The van der Waals surface area contributed by atoms with Gasteiger partial charge in [0.15, 0.2) is 0 Å². The summed E-state index contributed by atoms with van der Waals surface area (Å²) in [5.41, 5.74) is -0.625. The minimum Gasteiger partial charge on any atom is -0.376 e. The van der Waals surface area contributed by atoms with Crippen LogP contribution in [0.15, 0.2) is 0 Å². The molecule has 0 aromatic heterocycles. The van der Waals surface area contributed by atoms with Crippen LogP contribution in [-0.2, 0) is 4.74 Å². The highest BCUT2D eigenvalue weighted by atomic mass is 19.1. The number of ether oxygens (including phenoxy) is 1. The van der Waals surface area contributed by atoms with E-state index in [-0.39, 0.29) is 0 Å². The van der Waals surface area contributed by atoms with E-state index in [0.29, 0.717) is 0 Å². The van der Waals surface area contributed by atoms with Gasteiger partial charge in [0.2, 0.25) is 0 Å². The average Bonchev–Trinajstić information content (AvgIpc) is 1.67. The van der Waals surface area contributed by atoms with E-state index in [9.17, 15) is 4.39 Å². The van der Waals surface area contributed by atoms with Crippen LogP contribution in [-0.4, -0.2) is 18.9 Å². The molecular formula is C6H13FO. The van der Waals surface area contributed by atoms with Gasteiger partial charge in [0.25, 0.3) is 0 Å². The van der Waals surface area contributed by atoms with E-state index in [1.165, 1.54) is 14.0 Å². The molecule has 0 saturated carbocycles. The van der Waals surface area contributed by atoms with Gasteiger partial charge in [0.05, 0.1) is 5.60 Å². The molecule has 50 valence electrons. The van der Waals surface area contributed by atoms with E-state index in [4.69, 9.17) is 4.74 Å². The number of rotatable bonds is 2. The van der Waals surface area contributed by atoms with Crippen LogP contribution in [0.1, 0.15) is 20.8 Å². The molecule has 0 spiro atoms. The Labute approximate surface area is 49.8 Å². The highest BCUT2D eigenvalue weighted by molar-refractivity contribution is 4.73. The molecule has 0 aromatic carbocycles. The Bertz CT molecular complexity index is 68.9. The summed E-state index contributed by atoms with van der Waals surface area (Å²) in [7, 11) is 1.51. The zero-order valence-corrected chi connectivity index (χ0v) is 5.86. The molecule has 0 amide bonds. The number of alkyl halides is 1. The lowest BCUT2D eigenvalue weighted by molar-refractivity contribution is -0.0349. The fraction of sp³-hybridized carbons (Fsp3) is 1.00. The predicted molar refractivity (Wildman–Crippen MR) is 31.7 cm³/mol. The summed E-state index contributed by atoms with van der Waals surface area (Å²) in [5, 5.41) is 0. The maximum Gasteiger partial charge on any atom is 0.126 e. The zero-order chi connectivity index (χ0) is 6.78. The van der Waals surface area contributed by atoms with E-state index in [1.807, 2.05) is 0 Å². The fourth-order valence-electron chi connectivity index (χ4n) is 0.162. The van der Waals surface area contributed by atoms with E-state index < -0.39 is 11.8 Å². The summed E-state index contributed by atoms with van der Waals surface area (Å²) in [6, 6.07) is 0. The van der Waals surface area contributed by atoms with E-state index in [2.05, 4.69) is 0 Å². The third kappa shape index (κ3) is 1.78. The molecule has 2 heteroatoms. The molecule has 0 bridgehead atoms. The Morgan fingerprint density at radius 3 is 1.88 bits per heavy atom. The highest BCUT2D eigenvalue weighted by Crippen LogP contribution is 2.15. The first-order chi connectivity index (χ1) is 3.50. The Morgan fingerprint density at radius 1 is 1.50 bits per heavy atom. The maximum absolute atomic E-state index is 12.4. The van der Waals surface area contributed by atoms with Gasteiger partial charge in [-0.2, -0.15) is 0 Å². The Morgan fingerprint density at radius 2 is 1.88 bits per heavy atom. The first-order valence-electron chi connectivity index (χ1n) is 2.70. The first-order valence-corrected chi connectivity index (χ1v) is 2.70. The quantitative estimate of drug-likeness (QED) is 0.539. The molecule has 1 nitrogen and oxygen atoms in total. The van der Waals surface area contributed by atoms with Gasteiger partial charge < -0.3 is 4.74 Å². The third-order valence-corrected chi connectivity index (χ3v) is 1.48. The molecule has 8 heavy (non-hydrogen) atoms. The molecule has 0 rings (SSSR count). The first kappa shape index (κ1) is 7.89. The van der Waals surface area contributed by atoms with Gasteiger partial charge in [0, 0.05) is 7.11 Å². The SMILES string of the molecule is COC(C)(C)C(C)F. The number of halogens is 1. The molecule has 0 N–H and O–H groups in total. The van der Waals surface area contributed by atoms with Crippen molar-refractivity contribution >= 4 is 0 Å². The standard InChI is InChI=1S/C6H13FO/c1-5(7)6(2,3)8-4/h5H,1-4H3. The molecule has 1 atom stereocenters. The second-order valence-corrected chi connectivity index (χ2v) is 2.42. The number of hydrogen-bond donors (Lipinski definition) is 0. The van der Waals surface area contributed by atoms with E-state index in [0.717, 1.165) is 0 Å². The van der Waals surface area contributed by atoms with Crippen molar-refractivity contribution in [1.29, 1.82) is 0 Å². The summed E-state index contributed by atoms with van der Waals surface area (Å²) in [4.78, 5) is 0. The number of hydrogen-bond acceptors (Lipinski definition) is 1. The van der Waals surface area contributed by atoms with Gasteiger partial charge in [-0.05, 0) is 20.8 Å². The van der Waals surface area contributed by atoms with Gasteiger partial charge in [-0.3, -0.25) is 0 Å². The molecule has 0 aliphatic carbocycles. The summed E-state index contributed by atoms with van der Waals surface area (Å²) < 4.78 is 17.2. The normalized spacial score (nSPS) is 16.1. The largest absolute Gasteiger partial charge is 0.376 e. The van der Waals surface area contributed by atoms with Gasteiger partial charge in [-0.15, -0.1) is 0 Å². The topological polar surface area (TPSA) is 9.23 Å². The monoisotopic (exact) mass is 120 g/mol. The fourth-order valence-corrected chi connectivity index (χ4v) is 0.162. The predicted octanol–water partition coefficient (Wildman–Crippen LogP) is 1.77. The van der Waals surface area contributed by atoms with E-state index >= 15 is 0 Å². The second kappa shape index (κ2) is 2.44. The molecule has 0 aromatic rings. The lowest BCUT2D eigenvalue weighted by atomic mass is 10.1. The third-order valence-electron chi connectivity index (χ3n) is 1.48. The molecule has 0 fully saturated rings. The Balaban J connectivity index is 3.71. The average molecular weight is 120 g/mol. The molecule has 0 aliphatic rings. The second-order valence-electron chi connectivity index (χ2n) is 2.42. The zero-order valence-electron chi connectivity index (χ0n) is 5.86. The Kier molecular flexibility index (Phi) is 2.41. The summed E-state index contributed by atoms with van der Waals surface area (Å²) in [6.45, 7) is 4.93. The lowest BCUT2D eigenvalue weighted by Crippen LogP contribution is -2.32. The van der Waals surface area contributed by atoms with Crippen LogP contribution in [0.5, 0.6) is 0 Å². The van der Waals surface area contributed by atoms with Crippen molar-refractivity contribution in [3.8, 4) is 0 Å². The van der Waals surface area contributed by atoms with Crippen molar-refractivity contribution in [3.63, 3.8) is 0 Å². The van der Waals surface area contributed by atoms with Crippen LogP contribution in [0.4, 0.5) is 4.39 Å². The molecule has 0 radical (unpaired) electrons.